The van der Waals surface area contributed by atoms with E-state index < -0.39 is 35.0 Å². The van der Waals surface area contributed by atoms with Crippen molar-refractivity contribution in [2.24, 2.45) is 5.73 Å². The van der Waals surface area contributed by atoms with Gasteiger partial charge in [0.05, 0.1) is 11.6 Å². The van der Waals surface area contributed by atoms with Crippen LogP contribution >= 0.6 is 0 Å². The molecule has 0 aromatic heterocycles. The number of benzene rings is 2. The van der Waals surface area contributed by atoms with Crippen LogP contribution < -0.4 is 5.73 Å². The van der Waals surface area contributed by atoms with E-state index in [1.165, 1.54) is 12.1 Å². The van der Waals surface area contributed by atoms with Crippen LogP contribution in [0.25, 0.3) is 0 Å². The highest BCUT2D eigenvalue weighted by atomic mass is 19.4. The minimum Gasteiger partial charge on any atom is -0.320 e. The molecule has 2 aromatic carbocycles. The van der Waals surface area contributed by atoms with Crippen molar-refractivity contribution >= 4 is 0 Å². The molecule has 0 spiro atoms. The lowest BCUT2D eigenvalue weighted by Crippen LogP contribution is -2.19. The summed E-state index contributed by atoms with van der Waals surface area (Å²) in [5.41, 5.74) is 5.01. The van der Waals surface area contributed by atoms with Crippen molar-refractivity contribution in [3.63, 3.8) is 0 Å². The van der Waals surface area contributed by atoms with Crippen molar-refractivity contribution in [3.8, 4) is 0 Å². The lowest BCUT2D eigenvalue weighted by molar-refractivity contribution is -0.138. The van der Waals surface area contributed by atoms with Gasteiger partial charge in [-0.25, -0.2) is 8.78 Å². The van der Waals surface area contributed by atoms with Gasteiger partial charge in [-0.1, -0.05) is 6.07 Å². The predicted octanol–water partition coefficient (Wildman–Crippen LogP) is 4.34. The van der Waals surface area contributed by atoms with Crippen molar-refractivity contribution in [3.05, 3.63) is 70.3 Å². The topological polar surface area (TPSA) is 26.0 Å². The minimum absolute atomic E-state index is 0.156. The Morgan fingerprint density at radius 3 is 2.19 bits per heavy atom. The fourth-order valence-corrected chi connectivity index (χ4v) is 2.17. The first-order chi connectivity index (χ1) is 9.68. The Bertz CT molecular complexity index is 643. The molecule has 0 saturated carbocycles. The third-order valence-electron chi connectivity index (χ3n) is 3.08. The Morgan fingerprint density at radius 1 is 0.952 bits per heavy atom. The van der Waals surface area contributed by atoms with Crippen molar-refractivity contribution in [1.82, 2.24) is 0 Å². The van der Waals surface area contributed by atoms with Gasteiger partial charge in [-0.15, -0.1) is 0 Å². The van der Waals surface area contributed by atoms with Gasteiger partial charge < -0.3 is 5.73 Å². The van der Waals surface area contributed by atoms with Crippen LogP contribution in [0.4, 0.5) is 22.0 Å². The normalized spacial score (nSPS) is 13.3. The first-order valence-corrected chi connectivity index (χ1v) is 6.08. The molecule has 0 bridgehead atoms. The lowest BCUT2D eigenvalue weighted by atomic mass is 9.93. The minimum atomic E-state index is -4.66. The molecule has 21 heavy (non-hydrogen) atoms. The molecule has 2 aromatic rings. The number of halogens is 5. The Balaban J connectivity index is 2.57. The average Bonchev–Trinajstić information content (AvgIpc) is 2.35. The number of hydrogen-bond donors (Lipinski definition) is 1. The number of alkyl halides is 3. The van der Waals surface area contributed by atoms with E-state index in [2.05, 4.69) is 0 Å². The van der Waals surface area contributed by atoms with E-state index in [0.717, 1.165) is 18.2 Å². The molecular weight excluding hydrogens is 289 g/mol. The molecule has 1 unspecified atom stereocenters. The monoisotopic (exact) mass is 301 g/mol. The van der Waals surface area contributed by atoms with Gasteiger partial charge in [0, 0.05) is 0 Å². The average molecular weight is 301 g/mol. The van der Waals surface area contributed by atoms with Gasteiger partial charge in [0.15, 0.2) is 0 Å². The zero-order valence-corrected chi connectivity index (χ0v) is 11.0. The molecule has 2 N–H and O–H groups in total. The fourth-order valence-electron chi connectivity index (χ4n) is 2.17. The van der Waals surface area contributed by atoms with Crippen molar-refractivity contribution < 1.29 is 22.0 Å². The van der Waals surface area contributed by atoms with E-state index in [0.29, 0.717) is 11.6 Å². The first-order valence-electron chi connectivity index (χ1n) is 6.08. The second-order valence-electron chi connectivity index (χ2n) is 4.77. The third kappa shape index (κ3) is 3.39. The van der Waals surface area contributed by atoms with E-state index >= 15 is 0 Å². The Kier molecular flexibility index (Phi) is 4.00. The van der Waals surface area contributed by atoms with Crippen LogP contribution in [0.2, 0.25) is 0 Å². The zero-order chi connectivity index (χ0) is 15.8. The summed E-state index contributed by atoms with van der Waals surface area (Å²) in [4.78, 5) is 0. The maximum Gasteiger partial charge on any atom is 0.416 e. The SMILES string of the molecule is Cc1cc(F)cc(C(N)c2cc(F)ccc2C(F)(F)F)c1. The van der Waals surface area contributed by atoms with Gasteiger partial charge in [-0.3, -0.25) is 0 Å². The maximum absolute atomic E-state index is 13.4. The van der Waals surface area contributed by atoms with Gasteiger partial charge in [0.1, 0.15) is 11.6 Å². The lowest BCUT2D eigenvalue weighted by Gasteiger charge is -2.19. The van der Waals surface area contributed by atoms with Gasteiger partial charge in [-0.05, 0) is 53.9 Å². The van der Waals surface area contributed by atoms with Crippen LogP contribution in [0.15, 0.2) is 36.4 Å². The molecule has 1 atom stereocenters. The number of aryl methyl sites for hydroxylation is 1. The van der Waals surface area contributed by atoms with Crippen LogP contribution in [-0.2, 0) is 6.18 Å². The molecule has 0 radical (unpaired) electrons. The number of hydrogen-bond acceptors (Lipinski definition) is 1. The fraction of sp³-hybridized carbons (Fsp3) is 0.200. The van der Waals surface area contributed by atoms with E-state index in [9.17, 15) is 22.0 Å². The van der Waals surface area contributed by atoms with Crippen LogP contribution in [-0.4, -0.2) is 0 Å². The smallest absolute Gasteiger partial charge is 0.320 e. The highest BCUT2D eigenvalue weighted by molar-refractivity contribution is 5.40. The Hall–Kier alpha value is -1.95. The molecule has 0 aliphatic rings. The molecule has 2 rings (SSSR count). The van der Waals surface area contributed by atoms with Gasteiger partial charge >= 0.3 is 6.18 Å². The third-order valence-corrected chi connectivity index (χ3v) is 3.08. The maximum atomic E-state index is 13.4. The number of rotatable bonds is 2. The van der Waals surface area contributed by atoms with Crippen molar-refractivity contribution in [2.75, 3.05) is 0 Å². The highest BCUT2D eigenvalue weighted by Gasteiger charge is 2.35. The van der Waals surface area contributed by atoms with Crippen LogP contribution in [0.3, 0.4) is 0 Å². The summed E-state index contributed by atoms with van der Waals surface area (Å²) >= 11 is 0. The van der Waals surface area contributed by atoms with Crippen LogP contribution in [0.5, 0.6) is 0 Å². The Morgan fingerprint density at radius 2 is 1.62 bits per heavy atom. The van der Waals surface area contributed by atoms with Crippen molar-refractivity contribution in [1.29, 1.82) is 0 Å². The van der Waals surface area contributed by atoms with Crippen molar-refractivity contribution in [2.45, 2.75) is 19.1 Å². The molecule has 0 aliphatic carbocycles. The largest absolute Gasteiger partial charge is 0.416 e. The molecule has 0 saturated heterocycles. The molecule has 0 heterocycles. The van der Waals surface area contributed by atoms with E-state index in [4.69, 9.17) is 5.73 Å². The molecule has 112 valence electrons. The Labute approximate surface area is 118 Å². The summed E-state index contributed by atoms with van der Waals surface area (Å²) in [6.45, 7) is 1.59. The molecule has 0 aliphatic heterocycles. The molecule has 1 nitrogen and oxygen atoms in total. The van der Waals surface area contributed by atoms with E-state index in [-0.39, 0.29) is 5.56 Å². The molecular formula is C15H12F5N. The van der Waals surface area contributed by atoms with Crippen LogP contribution in [0.1, 0.15) is 28.3 Å². The summed E-state index contributed by atoms with van der Waals surface area (Å²) in [6.07, 6.45) is -4.66. The van der Waals surface area contributed by atoms with Gasteiger partial charge in [0.25, 0.3) is 0 Å². The zero-order valence-electron chi connectivity index (χ0n) is 11.0. The summed E-state index contributed by atoms with van der Waals surface area (Å²) < 4.78 is 65.5. The van der Waals surface area contributed by atoms with E-state index in [1.807, 2.05) is 0 Å². The molecule has 6 heteroatoms. The second-order valence-corrected chi connectivity index (χ2v) is 4.77. The standard InChI is InChI=1S/C15H12F5N/c1-8-4-9(6-11(17)5-8)14(21)12-7-10(16)2-3-13(12)15(18,19)20/h2-7,14H,21H2,1H3. The first kappa shape index (κ1) is 15.4. The summed E-state index contributed by atoms with van der Waals surface area (Å²) in [7, 11) is 0. The van der Waals surface area contributed by atoms with Gasteiger partial charge in [0.2, 0.25) is 0 Å². The highest BCUT2D eigenvalue weighted by Crippen LogP contribution is 2.36. The predicted molar refractivity (Wildman–Crippen MR) is 68.6 cm³/mol. The molecule has 0 fully saturated rings. The quantitative estimate of drug-likeness (QED) is 0.820. The molecule has 0 amide bonds. The van der Waals surface area contributed by atoms with E-state index in [1.54, 1.807) is 6.92 Å². The van der Waals surface area contributed by atoms with Crippen LogP contribution in [0, 0.1) is 18.6 Å². The summed E-state index contributed by atoms with van der Waals surface area (Å²) in [5.74, 6) is -1.44. The summed E-state index contributed by atoms with van der Waals surface area (Å²) in [6, 6.07) is 4.56. The number of nitrogens with two attached hydrogens (primary N) is 1. The van der Waals surface area contributed by atoms with Gasteiger partial charge in [-0.2, -0.15) is 13.2 Å². The summed E-state index contributed by atoms with van der Waals surface area (Å²) in [5, 5.41) is 0. The second kappa shape index (κ2) is 5.44.